The third-order valence-corrected chi connectivity index (χ3v) is 3.71. The minimum Gasteiger partial charge on any atom is -0.492 e. The van der Waals surface area contributed by atoms with Gasteiger partial charge in [0, 0.05) is 0 Å². The van der Waals surface area contributed by atoms with Crippen molar-refractivity contribution in [2.75, 3.05) is 13.2 Å². The van der Waals surface area contributed by atoms with E-state index in [-0.39, 0.29) is 5.91 Å². The number of aryl methyl sites for hydroxylation is 3. The summed E-state index contributed by atoms with van der Waals surface area (Å²) in [6, 6.07) is 13.8. The number of benzene rings is 2. The number of rotatable bonds is 7. The van der Waals surface area contributed by atoms with Crippen LogP contribution in [0.3, 0.4) is 0 Å². The van der Waals surface area contributed by atoms with Crippen molar-refractivity contribution >= 4 is 5.91 Å². The first-order valence-corrected chi connectivity index (χ1v) is 8.17. The summed E-state index contributed by atoms with van der Waals surface area (Å²) in [7, 11) is 0. The highest BCUT2D eigenvalue weighted by atomic mass is 16.5. The van der Waals surface area contributed by atoms with E-state index in [4.69, 9.17) is 9.47 Å². The van der Waals surface area contributed by atoms with Crippen LogP contribution in [-0.4, -0.2) is 25.2 Å². The predicted octanol–water partition coefficient (Wildman–Crippen LogP) is 3.57. The van der Waals surface area contributed by atoms with Gasteiger partial charge in [-0.25, -0.2) is 0 Å². The second kappa shape index (κ2) is 8.39. The Balaban J connectivity index is 1.75. The fourth-order valence-corrected chi connectivity index (χ4v) is 2.20. The molecule has 128 valence electrons. The zero-order valence-corrected chi connectivity index (χ0v) is 14.8. The van der Waals surface area contributed by atoms with Crippen LogP contribution in [0.5, 0.6) is 11.5 Å². The molecule has 0 aliphatic heterocycles. The molecule has 2 rings (SSSR count). The number of hydrogen-bond acceptors (Lipinski definition) is 3. The summed E-state index contributed by atoms with van der Waals surface area (Å²) >= 11 is 0. The van der Waals surface area contributed by atoms with Gasteiger partial charge in [-0.05, 0) is 57.0 Å². The van der Waals surface area contributed by atoms with E-state index in [0.717, 1.165) is 22.6 Å². The Morgan fingerprint density at radius 3 is 2.42 bits per heavy atom. The summed E-state index contributed by atoms with van der Waals surface area (Å²) in [6.07, 6.45) is -0.551. The van der Waals surface area contributed by atoms with Crippen LogP contribution in [0.1, 0.15) is 23.6 Å². The molecule has 0 aliphatic carbocycles. The highest BCUT2D eigenvalue weighted by molar-refractivity contribution is 5.80. The van der Waals surface area contributed by atoms with Gasteiger partial charge >= 0.3 is 0 Å². The normalized spacial score (nSPS) is 11.7. The molecule has 2 aromatic rings. The summed E-state index contributed by atoms with van der Waals surface area (Å²) in [5.74, 6) is 1.39. The lowest BCUT2D eigenvalue weighted by Gasteiger charge is -2.17. The van der Waals surface area contributed by atoms with Crippen molar-refractivity contribution in [3.63, 3.8) is 0 Å². The third kappa shape index (κ3) is 5.30. The Bertz CT molecular complexity index is 680. The molecule has 0 aliphatic rings. The molecule has 4 nitrogen and oxygen atoms in total. The molecule has 1 N–H and O–H groups in total. The molecule has 2 aromatic carbocycles. The fraction of sp³-hybridized carbons (Fsp3) is 0.350. The second-order valence-electron chi connectivity index (χ2n) is 5.98. The molecule has 1 amide bonds. The van der Waals surface area contributed by atoms with Gasteiger partial charge in [0.1, 0.15) is 18.1 Å². The molecular weight excluding hydrogens is 302 g/mol. The molecule has 0 heterocycles. The van der Waals surface area contributed by atoms with Crippen molar-refractivity contribution < 1.29 is 14.3 Å². The standard InChI is InChI=1S/C20H25NO3/c1-14-6-9-18(10-7-14)23-12-11-21-20(22)17(4)24-19-13-15(2)5-8-16(19)3/h5-10,13,17H,11-12H2,1-4H3,(H,21,22). The third-order valence-electron chi connectivity index (χ3n) is 3.71. The van der Waals surface area contributed by atoms with Gasteiger partial charge in [0.25, 0.3) is 5.91 Å². The Hall–Kier alpha value is -2.49. The van der Waals surface area contributed by atoms with Crippen LogP contribution >= 0.6 is 0 Å². The van der Waals surface area contributed by atoms with Crippen molar-refractivity contribution in [2.45, 2.75) is 33.8 Å². The molecule has 1 unspecified atom stereocenters. The topological polar surface area (TPSA) is 47.6 Å². The maximum Gasteiger partial charge on any atom is 0.260 e. The number of carbonyl (C=O) groups is 1. The minimum absolute atomic E-state index is 0.150. The fourth-order valence-electron chi connectivity index (χ4n) is 2.20. The van der Waals surface area contributed by atoms with Crippen LogP contribution in [0.2, 0.25) is 0 Å². The number of ether oxygens (including phenoxy) is 2. The molecule has 4 heteroatoms. The minimum atomic E-state index is -0.551. The number of hydrogen-bond donors (Lipinski definition) is 1. The summed E-state index contributed by atoms with van der Waals surface area (Å²) in [5, 5.41) is 2.83. The van der Waals surface area contributed by atoms with Crippen LogP contribution < -0.4 is 14.8 Å². The number of amides is 1. The largest absolute Gasteiger partial charge is 0.492 e. The zero-order chi connectivity index (χ0) is 17.5. The first-order valence-electron chi connectivity index (χ1n) is 8.17. The van der Waals surface area contributed by atoms with Crippen LogP contribution in [0.15, 0.2) is 42.5 Å². The van der Waals surface area contributed by atoms with Crippen LogP contribution in [-0.2, 0) is 4.79 Å². The van der Waals surface area contributed by atoms with Crippen molar-refractivity contribution in [3.8, 4) is 11.5 Å². The average molecular weight is 327 g/mol. The first kappa shape index (κ1) is 17.9. The molecule has 0 bridgehead atoms. The van der Waals surface area contributed by atoms with E-state index >= 15 is 0 Å². The van der Waals surface area contributed by atoms with Crippen molar-refractivity contribution in [2.24, 2.45) is 0 Å². The molecule has 24 heavy (non-hydrogen) atoms. The lowest BCUT2D eigenvalue weighted by molar-refractivity contribution is -0.127. The number of carbonyl (C=O) groups excluding carboxylic acids is 1. The van der Waals surface area contributed by atoms with Gasteiger partial charge in [-0.2, -0.15) is 0 Å². The van der Waals surface area contributed by atoms with Crippen LogP contribution in [0, 0.1) is 20.8 Å². The van der Waals surface area contributed by atoms with E-state index in [2.05, 4.69) is 5.32 Å². The summed E-state index contributed by atoms with van der Waals surface area (Å²) < 4.78 is 11.4. The molecule has 0 spiro atoms. The van der Waals surface area contributed by atoms with Crippen molar-refractivity contribution in [3.05, 3.63) is 59.2 Å². The monoisotopic (exact) mass is 327 g/mol. The van der Waals surface area contributed by atoms with Gasteiger partial charge in [-0.1, -0.05) is 29.8 Å². The quantitative estimate of drug-likeness (QED) is 0.791. The molecule has 0 aromatic heterocycles. The predicted molar refractivity (Wildman–Crippen MR) is 95.7 cm³/mol. The molecule has 0 fully saturated rings. The van der Waals surface area contributed by atoms with Crippen LogP contribution in [0.4, 0.5) is 0 Å². The van der Waals surface area contributed by atoms with Crippen LogP contribution in [0.25, 0.3) is 0 Å². The van der Waals surface area contributed by atoms with Crippen molar-refractivity contribution in [1.82, 2.24) is 5.32 Å². The Labute approximate surface area is 143 Å². The van der Waals surface area contributed by atoms with Crippen molar-refractivity contribution in [1.29, 1.82) is 0 Å². The van der Waals surface area contributed by atoms with E-state index in [1.165, 1.54) is 5.56 Å². The first-order chi connectivity index (χ1) is 11.5. The Kier molecular flexibility index (Phi) is 6.24. The van der Waals surface area contributed by atoms with Gasteiger partial charge in [-0.3, -0.25) is 4.79 Å². The number of nitrogens with one attached hydrogen (secondary N) is 1. The smallest absolute Gasteiger partial charge is 0.260 e. The lowest BCUT2D eigenvalue weighted by atomic mass is 10.1. The van der Waals surface area contributed by atoms with E-state index < -0.39 is 6.10 Å². The maximum absolute atomic E-state index is 12.1. The summed E-state index contributed by atoms with van der Waals surface area (Å²) in [6.45, 7) is 8.60. The Morgan fingerprint density at radius 1 is 1.04 bits per heavy atom. The van der Waals surface area contributed by atoms with E-state index in [1.54, 1.807) is 6.92 Å². The van der Waals surface area contributed by atoms with Gasteiger partial charge in [0.05, 0.1) is 6.54 Å². The SMILES string of the molecule is Cc1ccc(OCCNC(=O)C(C)Oc2cc(C)ccc2C)cc1. The zero-order valence-electron chi connectivity index (χ0n) is 14.8. The van der Waals surface area contributed by atoms with Gasteiger partial charge in [0.15, 0.2) is 6.10 Å². The molecular formula is C20H25NO3. The molecule has 0 radical (unpaired) electrons. The van der Waals surface area contributed by atoms with Gasteiger partial charge in [0.2, 0.25) is 0 Å². The highest BCUT2D eigenvalue weighted by Crippen LogP contribution is 2.20. The van der Waals surface area contributed by atoms with E-state index in [1.807, 2.05) is 63.2 Å². The summed E-state index contributed by atoms with van der Waals surface area (Å²) in [5.41, 5.74) is 3.31. The average Bonchev–Trinajstić information content (AvgIpc) is 2.56. The molecule has 0 saturated heterocycles. The Morgan fingerprint density at radius 2 is 1.71 bits per heavy atom. The van der Waals surface area contributed by atoms with Gasteiger partial charge < -0.3 is 14.8 Å². The van der Waals surface area contributed by atoms with Gasteiger partial charge in [-0.15, -0.1) is 0 Å². The second-order valence-corrected chi connectivity index (χ2v) is 5.98. The van der Waals surface area contributed by atoms with E-state index in [0.29, 0.717) is 13.2 Å². The summed E-state index contributed by atoms with van der Waals surface area (Å²) in [4.78, 5) is 12.1. The van der Waals surface area contributed by atoms with E-state index in [9.17, 15) is 4.79 Å². The molecule has 1 atom stereocenters. The molecule has 0 saturated carbocycles. The highest BCUT2D eigenvalue weighted by Gasteiger charge is 2.15. The maximum atomic E-state index is 12.1. The lowest BCUT2D eigenvalue weighted by Crippen LogP contribution is -2.38.